The van der Waals surface area contributed by atoms with Crippen LogP contribution >= 0.6 is 0 Å². The minimum absolute atomic E-state index is 0.135. The van der Waals surface area contributed by atoms with Crippen molar-refractivity contribution in [2.45, 2.75) is 25.4 Å². The van der Waals surface area contributed by atoms with Crippen LogP contribution in [0.15, 0.2) is 0 Å². The van der Waals surface area contributed by atoms with Crippen LogP contribution in [-0.4, -0.2) is 25.2 Å². The first-order chi connectivity index (χ1) is 5.36. The summed E-state index contributed by atoms with van der Waals surface area (Å²) in [6.07, 6.45) is 3.80. The Morgan fingerprint density at radius 1 is 1.45 bits per heavy atom. The summed E-state index contributed by atoms with van der Waals surface area (Å²) in [5.41, 5.74) is 0. The van der Waals surface area contributed by atoms with Gasteiger partial charge >= 0.3 is 0 Å². The number of amides is 1. The van der Waals surface area contributed by atoms with E-state index in [0.29, 0.717) is 12.7 Å². The summed E-state index contributed by atoms with van der Waals surface area (Å²) in [7, 11) is 0. The highest BCUT2D eigenvalue weighted by Crippen LogP contribution is 2.24. The van der Waals surface area contributed by atoms with E-state index in [1.165, 1.54) is 12.8 Å². The van der Waals surface area contributed by atoms with E-state index in [9.17, 15) is 4.79 Å². The number of ether oxygens (including phenoxy) is 1. The average molecular weight is 155 g/mol. The highest BCUT2D eigenvalue weighted by Gasteiger charge is 2.28. The summed E-state index contributed by atoms with van der Waals surface area (Å²) >= 11 is 0. The first-order valence-corrected chi connectivity index (χ1v) is 4.25. The zero-order valence-electron chi connectivity index (χ0n) is 6.51. The maximum atomic E-state index is 11.0. The topological polar surface area (TPSA) is 38.3 Å². The van der Waals surface area contributed by atoms with Crippen molar-refractivity contribution in [2.75, 3.05) is 13.2 Å². The molecule has 1 atom stereocenters. The first kappa shape index (κ1) is 7.10. The minimum atomic E-state index is 0.135. The molecule has 2 rings (SSSR count). The molecular weight excluding hydrogens is 142 g/mol. The highest BCUT2D eigenvalue weighted by molar-refractivity contribution is 5.80. The van der Waals surface area contributed by atoms with Crippen LogP contribution in [0.25, 0.3) is 0 Å². The molecule has 1 amide bonds. The van der Waals surface area contributed by atoms with Crippen LogP contribution in [0.3, 0.4) is 0 Å². The van der Waals surface area contributed by atoms with Crippen molar-refractivity contribution in [3.05, 3.63) is 0 Å². The molecule has 2 fully saturated rings. The van der Waals surface area contributed by atoms with Crippen LogP contribution in [-0.2, 0) is 9.53 Å². The molecule has 0 aromatic rings. The van der Waals surface area contributed by atoms with Gasteiger partial charge in [0.05, 0.1) is 18.6 Å². The molecule has 0 aromatic carbocycles. The number of rotatable bonds is 3. The van der Waals surface area contributed by atoms with Gasteiger partial charge in [0.15, 0.2) is 0 Å². The Morgan fingerprint density at radius 2 is 2.27 bits per heavy atom. The lowest BCUT2D eigenvalue weighted by atomic mass is 10.1. The van der Waals surface area contributed by atoms with Gasteiger partial charge < -0.3 is 10.1 Å². The predicted molar refractivity (Wildman–Crippen MR) is 40.1 cm³/mol. The lowest BCUT2D eigenvalue weighted by Crippen LogP contribution is -2.22. The number of carbonyl (C=O) groups is 1. The van der Waals surface area contributed by atoms with Crippen molar-refractivity contribution in [1.29, 1.82) is 0 Å². The molecule has 0 radical (unpaired) electrons. The SMILES string of the molecule is O=C1NCCC1COC1CC1. The van der Waals surface area contributed by atoms with Crippen molar-refractivity contribution in [2.24, 2.45) is 5.92 Å². The van der Waals surface area contributed by atoms with Crippen molar-refractivity contribution < 1.29 is 9.53 Å². The second-order valence-corrected chi connectivity index (χ2v) is 3.31. The molecule has 1 heterocycles. The zero-order valence-corrected chi connectivity index (χ0v) is 6.51. The highest BCUT2D eigenvalue weighted by atomic mass is 16.5. The molecule has 0 bridgehead atoms. The Hall–Kier alpha value is -0.570. The molecule has 11 heavy (non-hydrogen) atoms. The lowest BCUT2D eigenvalue weighted by molar-refractivity contribution is -0.124. The second kappa shape index (κ2) is 2.81. The van der Waals surface area contributed by atoms with Gasteiger partial charge in [-0.15, -0.1) is 0 Å². The number of hydrogen-bond donors (Lipinski definition) is 1. The van der Waals surface area contributed by atoms with Gasteiger partial charge in [0.1, 0.15) is 0 Å². The molecule has 1 saturated carbocycles. The standard InChI is InChI=1S/C8H13NO2/c10-8-6(3-4-9-8)5-11-7-1-2-7/h6-7H,1-5H2,(H,9,10). The van der Waals surface area contributed by atoms with Gasteiger partial charge in [-0.25, -0.2) is 0 Å². The fourth-order valence-corrected chi connectivity index (χ4v) is 1.29. The van der Waals surface area contributed by atoms with E-state index in [-0.39, 0.29) is 11.8 Å². The molecular formula is C8H13NO2. The molecule has 62 valence electrons. The van der Waals surface area contributed by atoms with Crippen LogP contribution in [0.5, 0.6) is 0 Å². The van der Waals surface area contributed by atoms with E-state index in [0.717, 1.165) is 13.0 Å². The van der Waals surface area contributed by atoms with Gasteiger partial charge in [-0.1, -0.05) is 0 Å². The van der Waals surface area contributed by atoms with E-state index < -0.39 is 0 Å². The monoisotopic (exact) mass is 155 g/mol. The molecule has 1 unspecified atom stereocenters. The van der Waals surface area contributed by atoms with Crippen LogP contribution in [0, 0.1) is 5.92 Å². The van der Waals surface area contributed by atoms with E-state index in [1.807, 2.05) is 0 Å². The maximum Gasteiger partial charge on any atom is 0.225 e. The van der Waals surface area contributed by atoms with Gasteiger partial charge in [-0.05, 0) is 19.3 Å². The number of carbonyl (C=O) groups excluding carboxylic acids is 1. The molecule has 3 nitrogen and oxygen atoms in total. The summed E-state index contributed by atoms with van der Waals surface area (Å²) < 4.78 is 5.45. The van der Waals surface area contributed by atoms with Gasteiger partial charge in [-0.3, -0.25) is 4.79 Å². The Bertz CT molecular complexity index is 165. The van der Waals surface area contributed by atoms with Gasteiger partial charge in [-0.2, -0.15) is 0 Å². The third-order valence-electron chi connectivity index (χ3n) is 2.22. The van der Waals surface area contributed by atoms with Crippen molar-refractivity contribution in [3.8, 4) is 0 Å². The van der Waals surface area contributed by atoms with Crippen molar-refractivity contribution in [1.82, 2.24) is 5.32 Å². The normalized spacial score (nSPS) is 30.5. The summed E-state index contributed by atoms with van der Waals surface area (Å²) in [4.78, 5) is 11.0. The fraction of sp³-hybridized carbons (Fsp3) is 0.875. The van der Waals surface area contributed by atoms with Crippen molar-refractivity contribution in [3.63, 3.8) is 0 Å². The average Bonchev–Trinajstić information content (AvgIpc) is 2.73. The Morgan fingerprint density at radius 3 is 2.82 bits per heavy atom. The first-order valence-electron chi connectivity index (χ1n) is 4.25. The largest absolute Gasteiger partial charge is 0.377 e. The van der Waals surface area contributed by atoms with Gasteiger partial charge in [0.2, 0.25) is 5.91 Å². The van der Waals surface area contributed by atoms with Crippen molar-refractivity contribution >= 4 is 5.91 Å². The fourth-order valence-electron chi connectivity index (χ4n) is 1.29. The molecule has 0 spiro atoms. The summed E-state index contributed by atoms with van der Waals surface area (Å²) in [5.74, 6) is 0.307. The molecule has 1 saturated heterocycles. The Labute approximate surface area is 66.1 Å². The summed E-state index contributed by atoms with van der Waals surface area (Å²) in [6, 6.07) is 0. The molecule has 1 N–H and O–H groups in total. The third kappa shape index (κ3) is 1.71. The molecule has 3 heteroatoms. The lowest BCUT2D eigenvalue weighted by Gasteiger charge is -2.05. The van der Waals surface area contributed by atoms with Gasteiger partial charge in [0.25, 0.3) is 0 Å². The summed E-state index contributed by atoms with van der Waals surface area (Å²) in [6.45, 7) is 1.47. The molecule has 1 aliphatic heterocycles. The molecule has 1 aliphatic carbocycles. The van der Waals surface area contributed by atoms with Crippen LogP contribution < -0.4 is 5.32 Å². The maximum absolute atomic E-state index is 11.0. The molecule has 2 aliphatic rings. The van der Waals surface area contributed by atoms with E-state index in [2.05, 4.69) is 5.32 Å². The van der Waals surface area contributed by atoms with E-state index >= 15 is 0 Å². The number of hydrogen-bond acceptors (Lipinski definition) is 2. The zero-order chi connectivity index (χ0) is 7.68. The van der Waals surface area contributed by atoms with E-state index in [4.69, 9.17) is 4.74 Å². The van der Waals surface area contributed by atoms with E-state index in [1.54, 1.807) is 0 Å². The Kier molecular flexibility index (Phi) is 1.82. The quantitative estimate of drug-likeness (QED) is 0.636. The number of nitrogens with one attached hydrogen (secondary N) is 1. The second-order valence-electron chi connectivity index (χ2n) is 3.31. The third-order valence-corrected chi connectivity index (χ3v) is 2.22. The van der Waals surface area contributed by atoms with Crippen LogP contribution in [0.2, 0.25) is 0 Å². The van der Waals surface area contributed by atoms with Crippen LogP contribution in [0.4, 0.5) is 0 Å². The molecule has 0 aromatic heterocycles. The smallest absolute Gasteiger partial charge is 0.225 e. The van der Waals surface area contributed by atoms with Crippen LogP contribution in [0.1, 0.15) is 19.3 Å². The minimum Gasteiger partial charge on any atom is -0.377 e. The Balaban J connectivity index is 1.71. The predicted octanol–water partition coefficient (Wildman–Crippen LogP) is 0.301. The van der Waals surface area contributed by atoms with Gasteiger partial charge in [0, 0.05) is 6.54 Å². The summed E-state index contributed by atoms with van der Waals surface area (Å²) in [5, 5.41) is 2.79.